The molecule has 0 radical (unpaired) electrons. The Balaban J connectivity index is 0.00000208. The highest BCUT2D eigenvalue weighted by Crippen LogP contribution is 2.32. The van der Waals surface area contributed by atoms with E-state index < -0.39 is 18.6 Å². The van der Waals surface area contributed by atoms with Crippen LogP contribution in [0.4, 0.5) is 13.2 Å². The van der Waals surface area contributed by atoms with E-state index in [-0.39, 0.29) is 18.8 Å². The molecule has 0 aliphatic rings. The topological polar surface area (TPSA) is 30.9 Å². The van der Waals surface area contributed by atoms with Crippen molar-refractivity contribution in [3.63, 3.8) is 0 Å². The summed E-state index contributed by atoms with van der Waals surface area (Å²) in [6, 6.07) is 13.2. The molecule has 130 valence electrons. The Bertz CT molecular complexity index is 839. The molecule has 1 aromatic heterocycles. The third kappa shape index (κ3) is 3.52. The molecular weight excluding hydrogens is 337 g/mol. The zero-order chi connectivity index (χ0) is 16.6. The highest BCUT2D eigenvalue weighted by atomic mass is 35.5. The number of rotatable bonds is 4. The first-order chi connectivity index (χ1) is 10.9. The maximum Gasteiger partial charge on any atom is 0.389 e. The standard InChI is InChI=1S/C18H19F3N2.ClH/c1-2-23-16-6-4-3-5-13(16)14-11-12(7-8-17(14)23)15(22)9-10-18(19,20)21;/h3-8,11,15H,2,9-10,22H2,1H3;1H/t15-;/m1./s1. The van der Waals surface area contributed by atoms with Gasteiger partial charge in [0, 0.05) is 40.8 Å². The van der Waals surface area contributed by atoms with E-state index >= 15 is 0 Å². The van der Waals surface area contributed by atoms with E-state index in [2.05, 4.69) is 17.6 Å². The van der Waals surface area contributed by atoms with Crippen molar-refractivity contribution in [1.82, 2.24) is 4.57 Å². The van der Waals surface area contributed by atoms with Crippen molar-refractivity contribution >= 4 is 34.2 Å². The predicted octanol–water partition coefficient (Wildman–Crippen LogP) is 5.58. The summed E-state index contributed by atoms with van der Waals surface area (Å²) < 4.78 is 39.4. The fourth-order valence-corrected chi connectivity index (χ4v) is 3.13. The molecule has 2 aromatic carbocycles. The van der Waals surface area contributed by atoms with Gasteiger partial charge in [-0.05, 0) is 37.1 Å². The minimum Gasteiger partial charge on any atom is -0.341 e. The van der Waals surface area contributed by atoms with Gasteiger partial charge >= 0.3 is 6.18 Å². The van der Waals surface area contributed by atoms with Crippen LogP contribution in [0, 0.1) is 0 Å². The van der Waals surface area contributed by atoms with Crippen molar-refractivity contribution in [2.75, 3.05) is 0 Å². The summed E-state index contributed by atoms with van der Waals surface area (Å²) in [5.41, 5.74) is 8.93. The molecule has 3 aromatic rings. The molecule has 2 nitrogen and oxygen atoms in total. The SMILES string of the molecule is CCn1c2ccccc2c2cc([C@H](N)CCC(F)(F)F)ccc21.Cl. The third-order valence-corrected chi connectivity index (χ3v) is 4.28. The van der Waals surface area contributed by atoms with Gasteiger partial charge in [-0.1, -0.05) is 24.3 Å². The first-order valence-corrected chi connectivity index (χ1v) is 7.74. The van der Waals surface area contributed by atoms with E-state index in [9.17, 15) is 13.2 Å². The van der Waals surface area contributed by atoms with Crippen molar-refractivity contribution in [3.8, 4) is 0 Å². The largest absolute Gasteiger partial charge is 0.389 e. The molecule has 0 fully saturated rings. The van der Waals surface area contributed by atoms with Crippen LogP contribution in [0.2, 0.25) is 0 Å². The second-order valence-corrected chi connectivity index (χ2v) is 5.80. The second-order valence-electron chi connectivity index (χ2n) is 5.80. The van der Waals surface area contributed by atoms with Gasteiger partial charge in [0.15, 0.2) is 0 Å². The summed E-state index contributed by atoms with van der Waals surface area (Å²) in [4.78, 5) is 0. The van der Waals surface area contributed by atoms with Crippen LogP contribution in [-0.2, 0) is 6.54 Å². The molecule has 2 N–H and O–H groups in total. The van der Waals surface area contributed by atoms with Crippen LogP contribution in [0.1, 0.15) is 31.4 Å². The Hall–Kier alpha value is -1.72. The number of halogens is 4. The van der Waals surface area contributed by atoms with Gasteiger partial charge in [-0.2, -0.15) is 13.2 Å². The molecule has 1 heterocycles. The van der Waals surface area contributed by atoms with Gasteiger partial charge < -0.3 is 10.3 Å². The molecule has 6 heteroatoms. The number of hydrogen-bond acceptors (Lipinski definition) is 1. The predicted molar refractivity (Wildman–Crippen MR) is 94.6 cm³/mol. The molecular formula is C18H20ClF3N2. The molecule has 1 atom stereocenters. The number of aryl methyl sites for hydroxylation is 1. The van der Waals surface area contributed by atoms with Gasteiger partial charge in [-0.15, -0.1) is 12.4 Å². The molecule has 0 aliphatic carbocycles. The number of aromatic nitrogens is 1. The normalized spacial score (nSPS) is 13.2. The maximum absolute atomic E-state index is 12.4. The minimum absolute atomic E-state index is 0. The fourth-order valence-electron chi connectivity index (χ4n) is 3.13. The van der Waals surface area contributed by atoms with E-state index in [0.29, 0.717) is 0 Å². The van der Waals surface area contributed by atoms with Gasteiger partial charge in [0.05, 0.1) is 0 Å². The highest BCUT2D eigenvalue weighted by molar-refractivity contribution is 6.08. The lowest BCUT2D eigenvalue weighted by Crippen LogP contribution is -2.15. The summed E-state index contributed by atoms with van der Waals surface area (Å²) >= 11 is 0. The van der Waals surface area contributed by atoms with Gasteiger partial charge in [-0.3, -0.25) is 0 Å². The van der Waals surface area contributed by atoms with Crippen LogP contribution >= 0.6 is 12.4 Å². The molecule has 0 bridgehead atoms. The Kier molecular flexibility index (Phi) is 5.45. The number of nitrogens with two attached hydrogens (primary N) is 1. The second kappa shape index (κ2) is 7.03. The van der Waals surface area contributed by atoms with E-state index in [1.165, 1.54) is 0 Å². The monoisotopic (exact) mass is 356 g/mol. The minimum atomic E-state index is -4.17. The number of nitrogens with zero attached hydrogens (tertiary/aromatic N) is 1. The first kappa shape index (κ1) is 18.6. The zero-order valence-corrected chi connectivity index (χ0v) is 14.1. The molecule has 0 saturated carbocycles. The van der Waals surface area contributed by atoms with E-state index in [1.54, 1.807) is 0 Å². The Morgan fingerprint density at radius 1 is 1.04 bits per heavy atom. The average molecular weight is 357 g/mol. The lowest BCUT2D eigenvalue weighted by molar-refractivity contribution is -0.136. The number of benzene rings is 2. The van der Waals surface area contributed by atoms with Crippen LogP contribution in [0.5, 0.6) is 0 Å². The summed E-state index contributed by atoms with van der Waals surface area (Å²) in [6.45, 7) is 2.92. The van der Waals surface area contributed by atoms with E-state index in [1.807, 2.05) is 36.4 Å². The zero-order valence-electron chi connectivity index (χ0n) is 13.3. The lowest BCUT2D eigenvalue weighted by atomic mass is 10.0. The average Bonchev–Trinajstić information content (AvgIpc) is 2.85. The van der Waals surface area contributed by atoms with Crippen LogP contribution in [0.25, 0.3) is 21.8 Å². The van der Waals surface area contributed by atoms with Crippen LogP contribution in [0.15, 0.2) is 42.5 Å². The lowest BCUT2D eigenvalue weighted by Gasteiger charge is -2.14. The van der Waals surface area contributed by atoms with Crippen molar-refractivity contribution in [2.24, 2.45) is 5.73 Å². The van der Waals surface area contributed by atoms with Crippen molar-refractivity contribution < 1.29 is 13.2 Å². The van der Waals surface area contributed by atoms with Crippen LogP contribution in [-0.4, -0.2) is 10.7 Å². The number of fused-ring (bicyclic) bond motifs is 3. The quantitative estimate of drug-likeness (QED) is 0.650. The van der Waals surface area contributed by atoms with Crippen LogP contribution in [0.3, 0.4) is 0 Å². The van der Waals surface area contributed by atoms with Crippen molar-refractivity contribution in [3.05, 3.63) is 48.0 Å². The van der Waals surface area contributed by atoms with Crippen molar-refractivity contribution in [1.29, 1.82) is 0 Å². The molecule has 0 saturated heterocycles. The molecule has 0 aliphatic heterocycles. The molecule has 0 spiro atoms. The first-order valence-electron chi connectivity index (χ1n) is 7.74. The molecule has 3 rings (SSSR count). The van der Waals surface area contributed by atoms with Gasteiger partial charge in [0.25, 0.3) is 0 Å². The molecule has 0 amide bonds. The van der Waals surface area contributed by atoms with Gasteiger partial charge in [0.1, 0.15) is 0 Å². The van der Waals surface area contributed by atoms with Crippen LogP contribution < -0.4 is 5.73 Å². The van der Waals surface area contributed by atoms with Gasteiger partial charge in [-0.25, -0.2) is 0 Å². The van der Waals surface area contributed by atoms with E-state index in [4.69, 9.17) is 5.73 Å². The fraction of sp³-hybridized carbons (Fsp3) is 0.333. The molecule has 24 heavy (non-hydrogen) atoms. The summed E-state index contributed by atoms with van der Waals surface area (Å²) in [5, 5.41) is 2.15. The van der Waals surface area contributed by atoms with Crippen molar-refractivity contribution in [2.45, 2.75) is 38.5 Å². The number of para-hydroxylation sites is 1. The highest BCUT2D eigenvalue weighted by Gasteiger charge is 2.28. The smallest absolute Gasteiger partial charge is 0.341 e. The number of alkyl halides is 3. The Labute approximate surface area is 144 Å². The maximum atomic E-state index is 12.4. The number of hydrogen-bond donors (Lipinski definition) is 1. The Morgan fingerprint density at radius 3 is 2.38 bits per heavy atom. The third-order valence-electron chi connectivity index (χ3n) is 4.28. The van der Waals surface area contributed by atoms with E-state index in [0.717, 1.165) is 33.9 Å². The summed E-state index contributed by atoms with van der Waals surface area (Å²) in [7, 11) is 0. The summed E-state index contributed by atoms with van der Waals surface area (Å²) in [5.74, 6) is 0. The Morgan fingerprint density at radius 2 is 1.71 bits per heavy atom. The molecule has 0 unspecified atom stereocenters. The summed E-state index contributed by atoms with van der Waals surface area (Å²) in [6.07, 6.45) is -5.12. The van der Waals surface area contributed by atoms with Gasteiger partial charge in [0.2, 0.25) is 0 Å².